The number of ether oxygens (including phenoxy) is 2. The number of carbonyl (C=O) groups is 1. The summed E-state index contributed by atoms with van der Waals surface area (Å²) in [5.41, 5.74) is 5.51. The van der Waals surface area contributed by atoms with E-state index in [0.29, 0.717) is 28.4 Å². The van der Waals surface area contributed by atoms with Crippen LogP contribution >= 0.6 is 0 Å². The molecule has 0 bridgehead atoms. The summed E-state index contributed by atoms with van der Waals surface area (Å²) < 4.78 is 12.5. The molecule has 3 aromatic carbocycles. The molecule has 0 saturated heterocycles. The molecule has 0 spiro atoms. The van der Waals surface area contributed by atoms with Crippen molar-refractivity contribution in [1.29, 1.82) is 0 Å². The topological polar surface area (TPSA) is 65.4 Å². The molecule has 1 aromatic heterocycles. The van der Waals surface area contributed by atoms with E-state index >= 15 is 0 Å². The number of aromatic nitrogens is 2. The zero-order valence-electron chi connectivity index (χ0n) is 18.5. The summed E-state index contributed by atoms with van der Waals surface area (Å²) >= 11 is 0. The molecule has 0 unspecified atom stereocenters. The van der Waals surface area contributed by atoms with Crippen molar-refractivity contribution in [2.75, 3.05) is 19.5 Å². The number of benzene rings is 3. The van der Waals surface area contributed by atoms with Crippen LogP contribution in [-0.2, 0) is 0 Å². The van der Waals surface area contributed by atoms with E-state index in [1.807, 2.05) is 74.5 Å². The van der Waals surface area contributed by atoms with E-state index in [9.17, 15) is 4.79 Å². The first-order chi connectivity index (χ1) is 15.5. The lowest BCUT2D eigenvalue weighted by molar-refractivity contribution is 0.102. The molecule has 1 N–H and O–H groups in total. The molecule has 1 amide bonds. The molecule has 0 saturated carbocycles. The molecule has 162 valence electrons. The monoisotopic (exact) mass is 427 g/mol. The largest absolute Gasteiger partial charge is 0.493 e. The second kappa shape index (κ2) is 8.98. The van der Waals surface area contributed by atoms with Crippen molar-refractivity contribution in [3.63, 3.8) is 0 Å². The number of methoxy groups -OCH3 is 2. The van der Waals surface area contributed by atoms with Gasteiger partial charge in [-0.05, 0) is 37.6 Å². The highest BCUT2D eigenvalue weighted by atomic mass is 16.5. The van der Waals surface area contributed by atoms with Crippen LogP contribution in [0.4, 0.5) is 5.69 Å². The Morgan fingerprint density at radius 1 is 0.906 bits per heavy atom. The van der Waals surface area contributed by atoms with Crippen LogP contribution in [0.1, 0.15) is 21.5 Å². The third-order valence-corrected chi connectivity index (χ3v) is 5.28. The van der Waals surface area contributed by atoms with Crippen LogP contribution in [0.15, 0.2) is 72.9 Å². The highest BCUT2D eigenvalue weighted by Gasteiger charge is 2.20. The van der Waals surface area contributed by atoms with Gasteiger partial charge in [-0.3, -0.25) is 4.79 Å². The maximum Gasteiger partial charge on any atom is 0.259 e. The third-order valence-electron chi connectivity index (χ3n) is 5.28. The lowest BCUT2D eigenvalue weighted by Gasteiger charge is -2.13. The molecular formula is C26H25N3O3. The molecule has 4 aromatic rings. The molecule has 1 heterocycles. The lowest BCUT2D eigenvalue weighted by atomic mass is 10.1. The van der Waals surface area contributed by atoms with Gasteiger partial charge in [0.25, 0.3) is 5.91 Å². The van der Waals surface area contributed by atoms with Gasteiger partial charge in [0.1, 0.15) is 5.69 Å². The Hall–Kier alpha value is -4.06. The van der Waals surface area contributed by atoms with Gasteiger partial charge < -0.3 is 14.8 Å². The maximum atomic E-state index is 13.4. The van der Waals surface area contributed by atoms with Gasteiger partial charge in [0, 0.05) is 23.5 Å². The number of carbonyl (C=O) groups excluding carboxylic acids is 1. The van der Waals surface area contributed by atoms with Gasteiger partial charge in [-0.25, -0.2) is 4.68 Å². The van der Waals surface area contributed by atoms with Crippen LogP contribution in [-0.4, -0.2) is 29.9 Å². The lowest BCUT2D eigenvalue weighted by Crippen LogP contribution is -2.13. The number of aryl methyl sites for hydroxylation is 2. The molecule has 0 fully saturated rings. The van der Waals surface area contributed by atoms with Gasteiger partial charge >= 0.3 is 0 Å². The smallest absolute Gasteiger partial charge is 0.259 e. The van der Waals surface area contributed by atoms with Gasteiger partial charge in [0.15, 0.2) is 11.5 Å². The van der Waals surface area contributed by atoms with Crippen molar-refractivity contribution < 1.29 is 14.3 Å². The Kier molecular flexibility index (Phi) is 5.94. The average Bonchev–Trinajstić information content (AvgIpc) is 3.27. The maximum absolute atomic E-state index is 13.4. The highest BCUT2D eigenvalue weighted by molar-refractivity contribution is 6.08. The summed E-state index contributed by atoms with van der Waals surface area (Å²) in [6, 6.07) is 21.3. The Labute approximate surface area is 187 Å². The number of hydrogen-bond donors (Lipinski definition) is 1. The third kappa shape index (κ3) is 4.21. The molecule has 0 aliphatic rings. The minimum Gasteiger partial charge on any atom is -0.493 e. The number of anilines is 1. The van der Waals surface area contributed by atoms with Crippen molar-refractivity contribution in [3.8, 4) is 28.4 Å². The minimum atomic E-state index is -0.252. The standard InChI is InChI=1S/C26H25N3O3/c1-17-10-12-20(13-11-17)29-16-21(25(28-29)19-8-6-5-7-9-19)26(30)27-22-15-24(32-4)23(31-3)14-18(22)2/h5-16H,1-4H3,(H,27,30). The van der Waals surface area contributed by atoms with Crippen molar-refractivity contribution in [2.45, 2.75) is 13.8 Å². The molecule has 6 heteroatoms. The van der Waals surface area contributed by atoms with E-state index in [-0.39, 0.29) is 5.91 Å². The Morgan fingerprint density at radius 2 is 1.56 bits per heavy atom. The van der Waals surface area contributed by atoms with Gasteiger partial charge in [-0.15, -0.1) is 0 Å². The summed E-state index contributed by atoms with van der Waals surface area (Å²) in [6.07, 6.45) is 1.76. The highest BCUT2D eigenvalue weighted by Crippen LogP contribution is 2.33. The number of amides is 1. The number of nitrogens with one attached hydrogen (secondary N) is 1. The molecule has 0 aliphatic carbocycles. The molecular weight excluding hydrogens is 402 g/mol. The summed E-state index contributed by atoms with van der Waals surface area (Å²) in [6.45, 7) is 3.94. The van der Waals surface area contributed by atoms with Crippen LogP contribution in [0.5, 0.6) is 11.5 Å². The van der Waals surface area contributed by atoms with Gasteiger partial charge in [-0.2, -0.15) is 5.10 Å². The fourth-order valence-corrected chi connectivity index (χ4v) is 3.48. The van der Waals surface area contributed by atoms with E-state index in [4.69, 9.17) is 14.6 Å². The predicted molar refractivity (Wildman–Crippen MR) is 126 cm³/mol. The fraction of sp³-hybridized carbons (Fsp3) is 0.154. The molecule has 0 atom stereocenters. The van der Waals surface area contributed by atoms with E-state index in [1.165, 1.54) is 0 Å². The van der Waals surface area contributed by atoms with Crippen molar-refractivity contribution in [2.24, 2.45) is 0 Å². The summed E-state index contributed by atoms with van der Waals surface area (Å²) in [5, 5.41) is 7.75. The molecule has 4 rings (SSSR count). The summed E-state index contributed by atoms with van der Waals surface area (Å²) in [4.78, 5) is 13.4. The van der Waals surface area contributed by atoms with Crippen LogP contribution < -0.4 is 14.8 Å². The van der Waals surface area contributed by atoms with E-state index < -0.39 is 0 Å². The van der Waals surface area contributed by atoms with Crippen molar-refractivity contribution >= 4 is 11.6 Å². The predicted octanol–water partition coefficient (Wildman–Crippen LogP) is 5.43. The first kappa shape index (κ1) is 21.2. The second-order valence-corrected chi connectivity index (χ2v) is 7.51. The SMILES string of the molecule is COc1cc(C)c(NC(=O)c2cn(-c3ccc(C)cc3)nc2-c2ccccc2)cc1OC. The summed E-state index contributed by atoms with van der Waals surface area (Å²) in [7, 11) is 3.15. The van der Waals surface area contributed by atoms with E-state index in [0.717, 1.165) is 22.4 Å². The zero-order valence-corrected chi connectivity index (χ0v) is 18.5. The van der Waals surface area contributed by atoms with Crippen molar-refractivity contribution in [1.82, 2.24) is 9.78 Å². The summed E-state index contributed by atoms with van der Waals surface area (Å²) in [5.74, 6) is 0.907. The Balaban J connectivity index is 1.75. The van der Waals surface area contributed by atoms with Gasteiger partial charge in [-0.1, -0.05) is 48.0 Å². The van der Waals surface area contributed by atoms with Gasteiger partial charge in [0.2, 0.25) is 0 Å². The molecule has 6 nitrogen and oxygen atoms in total. The average molecular weight is 428 g/mol. The molecule has 32 heavy (non-hydrogen) atoms. The van der Waals surface area contributed by atoms with Crippen LogP contribution in [0.2, 0.25) is 0 Å². The van der Waals surface area contributed by atoms with Crippen LogP contribution in [0, 0.1) is 13.8 Å². The molecule has 0 aliphatic heterocycles. The number of hydrogen-bond acceptors (Lipinski definition) is 4. The number of rotatable bonds is 6. The normalized spacial score (nSPS) is 10.6. The first-order valence-corrected chi connectivity index (χ1v) is 10.3. The van der Waals surface area contributed by atoms with E-state index in [2.05, 4.69) is 5.32 Å². The van der Waals surface area contributed by atoms with Gasteiger partial charge in [0.05, 0.1) is 25.5 Å². The fourth-order valence-electron chi connectivity index (χ4n) is 3.48. The first-order valence-electron chi connectivity index (χ1n) is 10.3. The number of nitrogens with zero attached hydrogens (tertiary/aromatic N) is 2. The molecule has 0 radical (unpaired) electrons. The van der Waals surface area contributed by atoms with Crippen molar-refractivity contribution in [3.05, 3.63) is 89.6 Å². The zero-order chi connectivity index (χ0) is 22.7. The Bertz CT molecular complexity index is 1250. The van der Waals surface area contributed by atoms with E-state index in [1.54, 1.807) is 31.2 Å². The van der Waals surface area contributed by atoms with Crippen LogP contribution in [0.25, 0.3) is 16.9 Å². The van der Waals surface area contributed by atoms with Crippen LogP contribution in [0.3, 0.4) is 0 Å². The Morgan fingerprint density at radius 3 is 2.22 bits per heavy atom. The second-order valence-electron chi connectivity index (χ2n) is 7.51. The minimum absolute atomic E-state index is 0.252. The quantitative estimate of drug-likeness (QED) is 0.446.